The van der Waals surface area contributed by atoms with Crippen molar-refractivity contribution in [3.8, 4) is 6.07 Å². The number of cyclic esters (lactones) is 1. The number of nitrogens with zero attached hydrogens (tertiary/aromatic N) is 7. The number of nitrogens with one attached hydrogen (secondary N) is 2. The monoisotopic (exact) mass is 439 g/mol. The third-order valence-corrected chi connectivity index (χ3v) is 5.78. The smallest absolute Gasteiger partial charge is 0.409 e. The highest BCUT2D eigenvalue weighted by Gasteiger charge is 2.20. The molecule has 0 radical (unpaired) electrons. The largest absolute Gasteiger partial charge is 0.449 e. The third kappa shape index (κ3) is 5.45. The van der Waals surface area contributed by atoms with Gasteiger partial charge in [-0.15, -0.1) is 0 Å². The van der Waals surface area contributed by atoms with Crippen molar-refractivity contribution in [2.75, 3.05) is 57.0 Å². The van der Waals surface area contributed by atoms with E-state index in [1.807, 2.05) is 10.9 Å². The van der Waals surface area contributed by atoms with Gasteiger partial charge < -0.3 is 25.2 Å². The number of hydrogen-bond donors (Lipinski definition) is 2. The zero-order chi connectivity index (χ0) is 22.3. The Kier molecular flexibility index (Phi) is 7.01. The Hall–Kier alpha value is -3.39. The minimum atomic E-state index is -0.261. The molecule has 11 heteroatoms. The summed E-state index contributed by atoms with van der Waals surface area (Å²) in [5, 5.41) is 20.2. The zero-order valence-corrected chi connectivity index (χ0v) is 18.3. The van der Waals surface area contributed by atoms with Crippen LogP contribution in [0.4, 0.5) is 22.2 Å². The molecule has 32 heavy (non-hydrogen) atoms. The molecule has 2 aromatic rings. The average Bonchev–Trinajstić information content (AvgIpc) is 3.27. The molecule has 2 aliphatic heterocycles. The number of hydrogen-bond acceptors (Lipinski definition) is 9. The van der Waals surface area contributed by atoms with Gasteiger partial charge in [0.2, 0.25) is 5.95 Å². The predicted octanol–water partition coefficient (Wildman–Crippen LogP) is 2.20. The number of carbonyl (C=O) groups is 1. The fourth-order valence-corrected chi connectivity index (χ4v) is 3.93. The van der Waals surface area contributed by atoms with E-state index in [-0.39, 0.29) is 6.09 Å². The van der Waals surface area contributed by atoms with Gasteiger partial charge in [0.05, 0.1) is 30.7 Å². The van der Waals surface area contributed by atoms with Gasteiger partial charge in [-0.1, -0.05) is 0 Å². The molecule has 0 unspecified atom stereocenters. The SMILES string of the molecule is CN1CCC(n2cc(Nc3ncc(C#N)c(NCCCN4CCCOC4=O)n3)cn2)CC1. The van der Waals surface area contributed by atoms with E-state index in [0.717, 1.165) is 51.0 Å². The van der Waals surface area contributed by atoms with Crippen LogP contribution in [-0.4, -0.2) is 82.0 Å². The maximum Gasteiger partial charge on any atom is 0.409 e. The first-order valence-corrected chi connectivity index (χ1v) is 11.0. The van der Waals surface area contributed by atoms with Crippen LogP contribution in [0.2, 0.25) is 0 Å². The maximum absolute atomic E-state index is 11.7. The number of rotatable bonds is 8. The van der Waals surface area contributed by atoms with Crippen molar-refractivity contribution in [2.45, 2.75) is 31.7 Å². The Balaban J connectivity index is 1.32. The summed E-state index contributed by atoms with van der Waals surface area (Å²) in [7, 11) is 2.14. The predicted molar refractivity (Wildman–Crippen MR) is 119 cm³/mol. The van der Waals surface area contributed by atoms with Gasteiger partial charge in [0.25, 0.3) is 0 Å². The molecule has 4 rings (SSSR count). The summed E-state index contributed by atoms with van der Waals surface area (Å²) in [6.45, 7) is 4.52. The first-order chi connectivity index (χ1) is 15.6. The van der Waals surface area contributed by atoms with Crippen molar-refractivity contribution in [1.29, 1.82) is 5.26 Å². The van der Waals surface area contributed by atoms with E-state index in [9.17, 15) is 10.1 Å². The number of piperidine rings is 1. The highest BCUT2D eigenvalue weighted by atomic mass is 16.6. The minimum absolute atomic E-state index is 0.261. The van der Waals surface area contributed by atoms with Crippen molar-refractivity contribution in [2.24, 2.45) is 0 Å². The van der Waals surface area contributed by atoms with Crippen molar-refractivity contribution in [1.82, 2.24) is 29.5 Å². The van der Waals surface area contributed by atoms with Gasteiger partial charge in [0, 0.05) is 25.8 Å². The Morgan fingerprint density at radius 3 is 2.91 bits per heavy atom. The summed E-state index contributed by atoms with van der Waals surface area (Å²) in [5.41, 5.74) is 1.18. The van der Waals surface area contributed by atoms with Gasteiger partial charge >= 0.3 is 6.09 Å². The number of anilines is 3. The van der Waals surface area contributed by atoms with E-state index < -0.39 is 0 Å². The van der Waals surface area contributed by atoms with Crippen molar-refractivity contribution in [3.05, 3.63) is 24.2 Å². The normalized spacial score (nSPS) is 17.6. The second-order valence-corrected chi connectivity index (χ2v) is 8.17. The summed E-state index contributed by atoms with van der Waals surface area (Å²) in [6.07, 6.45) is 8.71. The molecule has 11 nitrogen and oxygen atoms in total. The summed E-state index contributed by atoms with van der Waals surface area (Å²) in [4.78, 5) is 24.4. The molecule has 170 valence electrons. The summed E-state index contributed by atoms with van der Waals surface area (Å²) < 4.78 is 7.05. The molecule has 1 amide bonds. The quantitative estimate of drug-likeness (QED) is 0.596. The molecule has 4 heterocycles. The Morgan fingerprint density at radius 1 is 1.28 bits per heavy atom. The lowest BCUT2D eigenvalue weighted by Gasteiger charge is -2.28. The lowest BCUT2D eigenvalue weighted by atomic mass is 10.1. The van der Waals surface area contributed by atoms with Crippen LogP contribution in [0.3, 0.4) is 0 Å². The zero-order valence-electron chi connectivity index (χ0n) is 18.3. The van der Waals surface area contributed by atoms with E-state index in [1.54, 1.807) is 11.1 Å². The van der Waals surface area contributed by atoms with Crippen LogP contribution in [-0.2, 0) is 4.74 Å². The molecule has 0 spiro atoms. The Morgan fingerprint density at radius 2 is 2.12 bits per heavy atom. The second-order valence-electron chi connectivity index (χ2n) is 8.17. The molecular formula is C21H29N9O2. The fraction of sp³-hybridized carbons (Fsp3) is 0.571. The van der Waals surface area contributed by atoms with Crippen LogP contribution in [0.5, 0.6) is 0 Å². The summed E-state index contributed by atoms with van der Waals surface area (Å²) >= 11 is 0. The molecular weight excluding hydrogens is 410 g/mol. The minimum Gasteiger partial charge on any atom is -0.449 e. The van der Waals surface area contributed by atoms with Gasteiger partial charge in [-0.25, -0.2) is 9.78 Å². The number of nitriles is 1. The first-order valence-electron chi connectivity index (χ1n) is 11.0. The lowest BCUT2D eigenvalue weighted by Crippen LogP contribution is -2.38. The fourth-order valence-electron chi connectivity index (χ4n) is 3.93. The lowest BCUT2D eigenvalue weighted by molar-refractivity contribution is 0.0729. The van der Waals surface area contributed by atoms with Crippen LogP contribution in [0, 0.1) is 11.3 Å². The molecule has 0 saturated carbocycles. The molecule has 0 aromatic carbocycles. The highest BCUT2D eigenvalue weighted by Crippen LogP contribution is 2.23. The molecule has 2 saturated heterocycles. The number of amides is 1. The van der Waals surface area contributed by atoms with Gasteiger partial charge in [-0.2, -0.15) is 15.3 Å². The van der Waals surface area contributed by atoms with Crippen LogP contribution < -0.4 is 10.6 Å². The highest BCUT2D eigenvalue weighted by molar-refractivity contribution is 5.68. The molecule has 0 bridgehead atoms. The molecule has 0 atom stereocenters. The van der Waals surface area contributed by atoms with E-state index in [0.29, 0.717) is 43.1 Å². The molecule has 2 aromatic heterocycles. The Bertz CT molecular complexity index is 962. The molecule has 2 N–H and O–H groups in total. The van der Waals surface area contributed by atoms with Gasteiger partial charge in [0.15, 0.2) is 0 Å². The van der Waals surface area contributed by atoms with E-state index in [2.05, 4.69) is 43.7 Å². The van der Waals surface area contributed by atoms with E-state index in [4.69, 9.17) is 4.74 Å². The number of likely N-dealkylation sites (tertiary alicyclic amines) is 1. The van der Waals surface area contributed by atoms with Crippen molar-refractivity contribution < 1.29 is 9.53 Å². The van der Waals surface area contributed by atoms with Crippen LogP contribution >= 0.6 is 0 Å². The van der Waals surface area contributed by atoms with Gasteiger partial charge in [0.1, 0.15) is 17.5 Å². The van der Waals surface area contributed by atoms with E-state index in [1.165, 1.54) is 6.20 Å². The summed E-state index contributed by atoms with van der Waals surface area (Å²) in [6, 6.07) is 2.52. The molecule has 2 fully saturated rings. The first kappa shape index (κ1) is 21.8. The van der Waals surface area contributed by atoms with E-state index >= 15 is 0 Å². The average molecular weight is 440 g/mol. The van der Waals surface area contributed by atoms with Crippen LogP contribution in [0.1, 0.15) is 37.3 Å². The third-order valence-electron chi connectivity index (χ3n) is 5.78. The number of carbonyl (C=O) groups excluding carboxylic acids is 1. The maximum atomic E-state index is 11.7. The second kappa shape index (κ2) is 10.3. The molecule has 2 aliphatic rings. The topological polar surface area (TPSA) is 124 Å². The van der Waals surface area contributed by atoms with Crippen LogP contribution in [0.15, 0.2) is 18.6 Å². The molecule has 0 aliphatic carbocycles. The van der Waals surface area contributed by atoms with Gasteiger partial charge in [-0.05, 0) is 45.8 Å². The Labute approximate surface area is 187 Å². The van der Waals surface area contributed by atoms with Gasteiger partial charge in [-0.3, -0.25) is 4.68 Å². The summed E-state index contributed by atoms with van der Waals surface area (Å²) in [5.74, 6) is 0.864. The number of ether oxygens (including phenoxy) is 1. The standard InChI is InChI=1S/C21H29N9O2/c1-28-9-4-18(5-10-28)30-15-17(14-25-30)26-20-24-13-16(12-22)19(27-20)23-6-2-7-29-8-3-11-32-21(29)31/h13-15,18H,2-11H2,1H3,(H2,23,24,26,27). The van der Waals surface area contributed by atoms with Crippen molar-refractivity contribution >= 4 is 23.5 Å². The number of aromatic nitrogens is 4. The van der Waals surface area contributed by atoms with Crippen LogP contribution in [0.25, 0.3) is 0 Å². The van der Waals surface area contributed by atoms with Crippen molar-refractivity contribution in [3.63, 3.8) is 0 Å².